The Morgan fingerprint density at radius 1 is 0.509 bits per heavy atom. The Kier molecular flexibility index (Phi) is 5.95. The number of nitrogens with zero attached hydrogens (tertiary/aromatic N) is 2. The van der Waals surface area contributed by atoms with Gasteiger partial charge in [0.2, 0.25) is 0 Å². The van der Waals surface area contributed by atoms with Crippen molar-refractivity contribution in [3.63, 3.8) is 0 Å². The van der Waals surface area contributed by atoms with Gasteiger partial charge in [0.1, 0.15) is 0 Å². The highest BCUT2D eigenvalue weighted by Gasteiger charge is 2.56. The van der Waals surface area contributed by atoms with Crippen LogP contribution in [-0.4, -0.2) is 9.13 Å². The van der Waals surface area contributed by atoms with Crippen LogP contribution in [0.2, 0.25) is 0 Å². The summed E-state index contributed by atoms with van der Waals surface area (Å²) in [5, 5.41) is 7.92. The van der Waals surface area contributed by atoms with Crippen molar-refractivity contribution in [1.29, 1.82) is 0 Å². The molecule has 9 aromatic rings. The molecule has 7 aromatic carbocycles. The van der Waals surface area contributed by atoms with Gasteiger partial charge < -0.3 is 9.13 Å². The highest BCUT2D eigenvalue weighted by atomic mass is 15.2. The van der Waals surface area contributed by atoms with Crippen LogP contribution in [0.25, 0.3) is 55.2 Å². The van der Waals surface area contributed by atoms with E-state index in [1.54, 1.807) is 0 Å². The molecule has 2 aliphatic heterocycles. The van der Waals surface area contributed by atoms with E-state index >= 15 is 0 Å². The van der Waals surface area contributed by atoms with Gasteiger partial charge in [-0.1, -0.05) is 146 Å². The van der Waals surface area contributed by atoms with Gasteiger partial charge in [-0.15, -0.1) is 0 Å². The fourth-order valence-corrected chi connectivity index (χ4v) is 9.99. The second-order valence-electron chi connectivity index (χ2n) is 14.8. The Hall–Kier alpha value is -6.42. The van der Waals surface area contributed by atoms with E-state index in [1.165, 1.54) is 94.3 Å². The number of aromatic nitrogens is 2. The molecule has 3 aliphatic rings. The van der Waals surface area contributed by atoms with Crippen LogP contribution in [0, 0.1) is 0 Å². The number of rotatable bonds is 4. The molecular formula is C50H35N3. The Balaban J connectivity index is 1.16. The number of allylic oxidation sites excluding steroid dienone is 1. The zero-order valence-electron chi connectivity index (χ0n) is 29.1. The summed E-state index contributed by atoms with van der Waals surface area (Å²) >= 11 is 0. The maximum atomic E-state index is 3.98. The highest BCUT2D eigenvalue weighted by Crippen LogP contribution is 2.55. The third kappa shape index (κ3) is 3.92. The predicted octanol–water partition coefficient (Wildman–Crippen LogP) is 11.5. The number of aryl methyl sites for hydroxylation is 1. The predicted molar refractivity (Wildman–Crippen MR) is 218 cm³/mol. The molecule has 0 spiro atoms. The minimum atomic E-state index is -0.320. The summed E-state index contributed by atoms with van der Waals surface area (Å²) in [6.45, 7) is 0. The molecule has 0 bridgehead atoms. The molecule has 0 radical (unpaired) electrons. The van der Waals surface area contributed by atoms with Crippen LogP contribution < -0.4 is 5.32 Å². The van der Waals surface area contributed by atoms with Gasteiger partial charge in [-0.05, 0) is 71.0 Å². The summed E-state index contributed by atoms with van der Waals surface area (Å²) in [5.41, 5.74) is 18.0. The lowest BCUT2D eigenvalue weighted by molar-refractivity contribution is 0.785. The molecule has 12 rings (SSSR count). The molecule has 250 valence electrons. The third-order valence-electron chi connectivity index (χ3n) is 12.2. The van der Waals surface area contributed by atoms with Gasteiger partial charge in [-0.3, -0.25) is 5.32 Å². The zero-order chi connectivity index (χ0) is 34.7. The van der Waals surface area contributed by atoms with Crippen molar-refractivity contribution in [1.82, 2.24) is 14.5 Å². The van der Waals surface area contributed by atoms with E-state index in [0.29, 0.717) is 0 Å². The van der Waals surface area contributed by atoms with Gasteiger partial charge in [0.15, 0.2) is 0 Å². The molecule has 4 heterocycles. The lowest BCUT2D eigenvalue weighted by Gasteiger charge is -2.25. The van der Waals surface area contributed by atoms with E-state index in [4.69, 9.17) is 0 Å². The van der Waals surface area contributed by atoms with E-state index in [2.05, 4.69) is 190 Å². The summed E-state index contributed by atoms with van der Waals surface area (Å²) < 4.78 is 5.12. The molecule has 3 heteroatoms. The van der Waals surface area contributed by atoms with Crippen LogP contribution in [0.4, 0.5) is 0 Å². The SMILES string of the molecule is c1ccc(C2NC2(c2ccccc2)c2cccc(-n3c4c(c5ccccc53)CCC3=C4c4cccc5c6ccccc6n(c45)-c4ccccc43)c2)cc1. The van der Waals surface area contributed by atoms with Gasteiger partial charge in [0.25, 0.3) is 0 Å². The molecule has 2 atom stereocenters. The van der Waals surface area contributed by atoms with Crippen molar-refractivity contribution in [3.8, 4) is 11.4 Å². The van der Waals surface area contributed by atoms with Crippen LogP contribution in [0.15, 0.2) is 176 Å². The summed E-state index contributed by atoms with van der Waals surface area (Å²) in [7, 11) is 0. The normalized spacial score (nSPS) is 18.5. The van der Waals surface area contributed by atoms with Crippen LogP contribution in [0.5, 0.6) is 0 Å². The first-order valence-corrected chi connectivity index (χ1v) is 18.8. The van der Waals surface area contributed by atoms with Gasteiger partial charge in [0, 0.05) is 38.5 Å². The lowest BCUT2D eigenvalue weighted by Crippen LogP contribution is -2.16. The van der Waals surface area contributed by atoms with E-state index in [0.717, 1.165) is 12.8 Å². The van der Waals surface area contributed by atoms with E-state index < -0.39 is 0 Å². The number of fused-ring (bicyclic) bond motifs is 11. The molecule has 1 fully saturated rings. The molecule has 0 saturated carbocycles. The smallest absolute Gasteiger partial charge is 0.0895 e. The molecule has 53 heavy (non-hydrogen) atoms. The molecule has 1 saturated heterocycles. The average Bonchev–Trinajstić information content (AvgIpc) is 3.82. The molecular weight excluding hydrogens is 643 g/mol. The quantitative estimate of drug-likeness (QED) is 0.185. The average molecular weight is 678 g/mol. The second-order valence-corrected chi connectivity index (χ2v) is 14.8. The van der Waals surface area contributed by atoms with Crippen molar-refractivity contribution in [2.45, 2.75) is 24.4 Å². The zero-order valence-corrected chi connectivity index (χ0v) is 29.1. The Morgan fingerprint density at radius 3 is 2.00 bits per heavy atom. The summed E-state index contributed by atoms with van der Waals surface area (Å²) in [4.78, 5) is 0. The third-order valence-corrected chi connectivity index (χ3v) is 12.2. The van der Waals surface area contributed by atoms with Gasteiger partial charge in [0.05, 0.1) is 39.5 Å². The fraction of sp³-hybridized carbons (Fsp3) is 0.0800. The molecule has 0 amide bonds. The summed E-state index contributed by atoms with van der Waals surface area (Å²) in [6.07, 6.45) is 1.99. The van der Waals surface area contributed by atoms with Gasteiger partial charge >= 0.3 is 0 Å². The molecule has 2 unspecified atom stereocenters. The Bertz CT molecular complexity index is 2980. The molecule has 1 N–H and O–H groups in total. The van der Waals surface area contributed by atoms with Crippen LogP contribution in [-0.2, 0) is 12.0 Å². The first-order valence-electron chi connectivity index (χ1n) is 18.8. The van der Waals surface area contributed by atoms with Crippen LogP contribution >= 0.6 is 0 Å². The number of benzene rings is 7. The number of para-hydroxylation sites is 4. The van der Waals surface area contributed by atoms with Crippen molar-refractivity contribution in [2.75, 3.05) is 0 Å². The second kappa shape index (κ2) is 10.8. The van der Waals surface area contributed by atoms with Crippen molar-refractivity contribution >= 4 is 43.9 Å². The van der Waals surface area contributed by atoms with Crippen molar-refractivity contribution in [3.05, 3.63) is 215 Å². The maximum Gasteiger partial charge on any atom is 0.0895 e. The first-order chi connectivity index (χ1) is 26.3. The number of nitrogens with one attached hydrogen (secondary N) is 1. The number of hydrogen-bond donors (Lipinski definition) is 1. The monoisotopic (exact) mass is 677 g/mol. The Labute approximate surface area is 308 Å². The van der Waals surface area contributed by atoms with E-state index in [9.17, 15) is 0 Å². The summed E-state index contributed by atoms with van der Waals surface area (Å²) in [5.74, 6) is 0. The highest BCUT2D eigenvalue weighted by molar-refractivity contribution is 6.18. The lowest BCUT2D eigenvalue weighted by atomic mass is 9.82. The first kappa shape index (κ1) is 29.2. The number of hydrogen-bond acceptors (Lipinski definition) is 1. The van der Waals surface area contributed by atoms with Crippen molar-refractivity contribution < 1.29 is 0 Å². The van der Waals surface area contributed by atoms with Crippen molar-refractivity contribution in [2.24, 2.45) is 0 Å². The summed E-state index contributed by atoms with van der Waals surface area (Å²) in [6, 6.07) is 65.4. The van der Waals surface area contributed by atoms with Crippen LogP contribution in [0.3, 0.4) is 0 Å². The largest absolute Gasteiger partial charge is 0.309 e. The van der Waals surface area contributed by atoms with E-state index in [1.807, 2.05) is 0 Å². The topological polar surface area (TPSA) is 31.8 Å². The molecule has 1 aliphatic carbocycles. The van der Waals surface area contributed by atoms with Gasteiger partial charge in [-0.2, -0.15) is 0 Å². The standard InChI is InChI=1S/C50H35N3/c1-3-15-32(16-4-1)49-50(51-49,33-17-5-2-6-18-33)34-19-13-20-35(31-34)52-43-26-10-8-23-38(43)41-30-29-39-36-21-7-11-27-44(36)53-45-28-12-9-22-37(45)40-24-14-25-42(47(40)53)46(39)48(41)52/h1-28,31,49,51H,29-30H2. The molecule has 2 aromatic heterocycles. The Morgan fingerprint density at radius 2 is 1.15 bits per heavy atom. The van der Waals surface area contributed by atoms with Gasteiger partial charge in [-0.25, -0.2) is 0 Å². The maximum absolute atomic E-state index is 3.98. The minimum Gasteiger partial charge on any atom is -0.309 e. The van der Waals surface area contributed by atoms with Crippen LogP contribution in [0.1, 0.15) is 51.5 Å². The molecule has 3 nitrogen and oxygen atoms in total. The minimum absolute atomic E-state index is 0.184. The van der Waals surface area contributed by atoms with E-state index in [-0.39, 0.29) is 11.6 Å². The fourth-order valence-electron chi connectivity index (χ4n) is 9.99.